The maximum absolute atomic E-state index is 12.3. The Kier molecular flexibility index (Phi) is 11.0. The average Bonchev–Trinajstić information content (AvgIpc) is 2.56. The van der Waals surface area contributed by atoms with E-state index >= 15 is 0 Å². The summed E-state index contributed by atoms with van der Waals surface area (Å²) in [5.41, 5.74) is 0. The maximum atomic E-state index is 12.3. The minimum absolute atomic E-state index is 0.147. The summed E-state index contributed by atoms with van der Waals surface area (Å²) in [6, 6.07) is 0. The van der Waals surface area contributed by atoms with Crippen molar-refractivity contribution in [2.24, 2.45) is 17.8 Å². The molecule has 3 unspecified atom stereocenters. The molecule has 0 aliphatic rings. The Morgan fingerprint density at radius 1 is 1.00 bits per heavy atom. The quantitative estimate of drug-likeness (QED) is 0.451. The first-order valence-electron chi connectivity index (χ1n) is 7.86. The first kappa shape index (κ1) is 21.4. The molecule has 0 spiro atoms. The van der Waals surface area contributed by atoms with Crippen LogP contribution in [0.1, 0.15) is 33.1 Å². The number of hydrogen-bond donors (Lipinski definition) is 1. The zero-order chi connectivity index (χ0) is 17.8. The van der Waals surface area contributed by atoms with Crippen LogP contribution < -0.4 is 5.32 Å². The molecule has 0 aromatic carbocycles. The molecule has 0 aromatic heterocycles. The fourth-order valence-electron chi connectivity index (χ4n) is 2.35. The zero-order valence-corrected chi connectivity index (χ0v) is 14.7. The first-order chi connectivity index (χ1) is 10.9. The first-order valence-corrected chi connectivity index (χ1v) is 7.86. The van der Waals surface area contributed by atoms with Crippen molar-refractivity contribution in [3.05, 3.63) is 0 Å². The fraction of sp³-hybridized carbons (Fsp3) is 0.812. The molecular weight excluding hydrogens is 302 g/mol. The number of hydrogen-bond acceptors (Lipinski definition) is 6. The molecule has 1 amide bonds. The summed E-state index contributed by atoms with van der Waals surface area (Å²) in [7, 11) is 4.39. The van der Waals surface area contributed by atoms with E-state index in [1.54, 1.807) is 14.0 Å². The average molecular weight is 331 g/mol. The third kappa shape index (κ3) is 7.97. The van der Waals surface area contributed by atoms with Crippen molar-refractivity contribution >= 4 is 17.8 Å². The van der Waals surface area contributed by atoms with Crippen molar-refractivity contribution in [1.29, 1.82) is 0 Å². The summed E-state index contributed by atoms with van der Waals surface area (Å²) in [6.45, 7) is 4.05. The third-order valence-electron chi connectivity index (χ3n) is 3.79. The number of ether oxygens (including phenoxy) is 3. The molecule has 0 aliphatic heterocycles. The summed E-state index contributed by atoms with van der Waals surface area (Å²) in [4.78, 5) is 35.7. The Labute approximate surface area is 138 Å². The van der Waals surface area contributed by atoms with E-state index in [9.17, 15) is 14.4 Å². The Balaban J connectivity index is 4.93. The molecule has 0 saturated heterocycles. The zero-order valence-electron chi connectivity index (χ0n) is 14.7. The highest BCUT2D eigenvalue weighted by Gasteiger charge is 2.30. The van der Waals surface area contributed by atoms with Gasteiger partial charge in [-0.05, 0) is 19.3 Å². The molecule has 0 aliphatic carbocycles. The smallest absolute Gasteiger partial charge is 0.309 e. The number of methoxy groups -OCH3 is 2. The normalized spacial score (nSPS) is 14.5. The van der Waals surface area contributed by atoms with Crippen LogP contribution in [0.15, 0.2) is 0 Å². The van der Waals surface area contributed by atoms with E-state index in [0.29, 0.717) is 25.9 Å². The SMILES string of the molecule is CCC(CC(CC(C)C(=O)NC)C(=O)OCCOC)C(=O)OC. The highest BCUT2D eigenvalue weighted by atomic mass is 16.6. The second-order valence-electron chi connectivity index (χ2n) is 5.47. The molecule has 7 heteroatoms. The largest absolute Gasteiger partial charge is 0.469 e. The van der Waals surface area contributed by atoms with Crippen LogP contribution in [0.4, 0.5) is 0 Å². The lowest BCUT2D eigenvalue weighted by Gasteiger charge is -2.22. The van der Waals surface area contributed by atoms with Crippen molar-refractivity contribution in [2.75, 3.05) is 34.5 Å². The molecule has 0 fully saturated rings. The Bertz CT molecular complexity index is 385. The molecule has 134 valence electrons. The Hall–Kier alpha value is -1.63. The second-order valence-corrected chi connectivity index (χ2v) is 5.47. The fourth-order valence-corrected chi connectivity index (χ4v) is 2.35. The number of rotatable bonds is 11. The topological polar surface area (TPSA) is 90.9 Å². The summed E-state index contributed by atoms with van der Waals surface area (Å²) < 4.78 is 14.8. The van der Waals surface area contributed by atoms with Crippen molar-refractivity contribution in [2.45, 2.75) is 33.1 Å². The molecule has 0 radical (unpaired) electrons. The van der Waals surface area contributed by atoms with Gasteiger partial charge in [-0.25, -0.2) is 0 Å². The van der Waals surface area contributed by atoms with Crippen LogP contribution in [0.5, 0.6) is 0 Å². The van der Waals surface area contributed by atoms with Crippen molar-refractivity contribution < 1.29 is 28.6 Å². The third-order valence-corrected chi connectivity index (χ3v) is 3.79. The molecule has 23 heavy (non-hydrogen) atoms. The van der Waals surface area contributed by atoms with Gasteiger partial charge in [0.05, 0.1) is 25.6 Å². The maximum Gasteiger partial charge on any atom is 0.309 e. The molecule has 0 aromatic rings. The van der Waals surface area contributed by atoms with Crippen LogP contribution in [-0.2, 0) is 28.6 Å². The lowest BCUT2D eigenvalue weighted by molar-refractivity contribution is -0.153. The molecular formula is C16H29NO6. The van der Waals surface area contributed by atoms with E-state index in [0.717, 1.165) is 0 Å². The summed E-state index contributed by atoms with van der Waals surface area (Å²) in [6.07, 6.45) is 1.18. The van der Waals surface area contributed by atoms with Crippen LogP contribution >= 0.6 is 0 Å². The summed E-state index contributed by atoms with van der Waals surface area (Å²) in [5, 5.41) is 2.56. The predicted octanol–water partition coefficient (Wildman–Crippen LogP) is 1.15. The number of amides is 1. The molecule has 0 rings (SSSR count). The summed E-state index contributed by atoms with van der Waals surface area (Å²) >= 11 is 0. The van der Waals surface area contributed by atoms with E-state index in [4.69, 9.17) is 14.2 Å². The van der Waals surface area contributed by atoms with Gasteiger partial charge >= 0.3 is 11.9 Å². The minimum Gasteiger partial charge on any atom is -0.469 e. The standard InChI is InChI=1S/C16H29NO6/c1-6-12(15(19)22-5)10-13(9-11(2)14(18)17-3)16(20)23-8-7-21-4/h11-13H,6-10H2,1-5H3,(H,17,18). The van der Waals surface area contributed by atoms with Crippen LogP contribution in [0.25, 0.3) is 0 Å². The van der Waals surface area contributed by atoms with Crippen LogP contribution in [0, 0.1) is 17.8 Å². The number of carbonyl (C=O) groups is 3. The van der Waals surface area contributed by atoms with E-state index in [-0.39, 0.29) is 24.4 Å². The van der Waals surface area contributed by atoms with Crippen molar-refractivity contribution in [3.63, 3.8) is 0 Å². The van der Waals surface area contributed by atoms with Gasteiger partial charge in [0.15, 0.2) is 0 Å². The molecule has 1 N–H and O–H groups in total. The van der Waals surface area contributed by atoms with Gasteiger partial charge in [-0.2, -0.15) is 0 Å². The summed E-state index contributed by atoms with van der Waals surface area (Å²) in [5.74, 6) is -2.20. The van der Waals surface area contributed by atoms with Gasteiger partial charge in [0.1, 0.15) is 6.61 Å². The van der Waals surface area contributed by atoms with Crippen molar-refractivity contribution in [3.8, 4) is 0 Å². The highest BCUT2D eigenvalue weighted by Crippen LogP contribution is 2.25. The predicted molar refractivity (Wildman–Crippen MR) is 84.6 cm³/mol. The van der Waals surface area contributed by atoms with Gasteiger partial charge in [0.25, 0.3) is 0 Å². The van der Waals surface area contributed by atoms with Crippen LogP contribution in [-0.4, -0.2) is 52.3 Å². The molecule has 0 bridgehead atoms. The van der Waals surface area contributed by atoms with Gasteiger partial charge in [-0.3, -0.25) is 14.4 Å². The molecule has 7 nitrogen and oxygen atoms in total. The monoisotopic (exact) mass is 331 g/mol. The van der Waals surface area contributed by atoms with Gasteiger partial charge in [0.2, 0.25) is 5.91 Å². The van der Waals surface area contributed by atoms with Gasteiger partial charge in [-0.1, -0.05) is 13.8 Å². The van der Waals surface area contributed by atoms with Gasteiger partial charge < -0.3 is 19.5 Å². The van der Waals surface area contributed by atoms with E-state index in [2.05, 4.69) is 5.32 Å². The minimum atomic E-state index is -0.539. The highest BCUT2D eigenvalue weighted by molar-refractivity contribution is 5.80. The van der Waals surface area contributed by atoms with E-state index < -0.39 is 17.8 Å². The van der Waals surface area contributed by atoms with Crippen molar-refractivity contribution in [1.82, 2.24) is 5.32 Å². The number of nitrogens with one attached hydrogen (secondary N) is 1. The Morgan fingerprint density at radius 3 is 2.13 bits per heavy atom. The van der Waals surface area contributed by atoms with Crippen LogP contribution in [0.3, 0.4) is 0 Å². The van der Waals surface area contributed by atoms with Crippen LogP contribution in [0.2, 0.25) is 0 Å². The lowest BCUT2D eigenvalue weighted by atomic mass is 9.86. The van der Waals surface area contributed by atoms with Gasteiger partial charge in [-0.15, -0.1) is 0 Å². The van der Waals surface area contributed by atoms with E-state index in [1.165, 1.54) is 14.2 Å². The van der Waals surface area contributed by atoms with E-state index in [1.807, 2.05) is 6.92 Å². The molecule has 0 saturated carbocycles. The Morgan fingerprint density at radius 2 is 1.65 bits per heavy atom. The van der Waals surface area contributed by atoms with Gasteiger partial charge in [0, 0.05) is 20.1 Å². The number of esters is 2. The molecule has 0 heterocycles. The lowest BCUT2D eigenvalue weighted by Crippen LogP contribution is -2.32. The number of carbonyl (C=O) groups excluding carboxylic acids is 3. The second kappa shape index (κ2) is 11.9. The molecule has 3 atom stereocenters.